The SMILES string of the molecule is CC1CCC2(CC1)CC2n1c(C(F)(F)C2=CCCC=C2)nc2nc(-c3noc(=O)[nH]3)nc(NC3(C4CCC4)CC3)c21. The van der Waals surface area contributed by atoms with E-state index in [9.17, 15) is 4.79 Å². The number of halogens is 2. The monoisotopic (exact) mass is 563 g/mol. The summed E-state index contributed by atoms with van der Waals surface area (Å²) in [5.41, 5.74) is 0.596. The molecule has 11 heteroatoms. The molecule has 3 aromatic heterocycles. The molecule has 8 rings (SSSR count). The van der Waals surface area contributed by atoms with Gasteiger partial charge in [-0.15, -0.1) is 0 Å². The van der Waals surface area contributed by atoms with Gasteiger partial charge < -0.3 is 9.88 Å². The zero-order valence-corrected chi connectivity index (χ0v) is 23.3. The van der Waals surface area contributed by atoms with Crippen LogP contribution in [0.2, 0.25) is 0 Å². The Kier molecular flexibility index (Phi) is 5.45. The second-order valence-electron chi connectivity index (χ2n) is 13.2. The molecule has 4 saturated carbocycles. The summed E-state index contributed by atoms with van der Waals surface area (Å²) in [5, 5.41) is 7.51. The fourth-order valence-electron chi connectivity index (χ4n) is 7.55. The van der Waals surface area contributed by atoms with Gasteiger partial charge in [0.05, 0.1) is 0 Å². The largest absolute Gasteiger partial charge is 0.439 e. The molecule has 0 saturated heterocycles. The second-order valence-corrected chi connectivity index (χ2v) is 13.2. The van der Waals surface area contributed by atoms with Gasteiger partial charge in [-0.1, -0.05) is 49.6 Å². The highest BCUT2D eigenvalue weighted by molar-refractivity contribution is 5.87. The third-order valence-electron chi connectivity index (χ3n) is 10.6. The van der Waals surface area contributed by atoms with Gasteiger partial charge in [0.2, 0.25) is 11.6 Å². The van der Waals surface area contributed by atoms with Gasteiger partial charge in [-0.05, 0) is 75.0 Å². The highest BCUT2D eigenvalue weighted by atomic mass is 19.3. The number of anilines is 1. The first kappa shape index (κ1) is 25.3. The molecule has 2 N–H and O–H groups in total. The van der Waals surface area contributed by atoms with E-state index in [1.807, 2.05) is 0 Å². The number of hydrogen-bond acceptors (Lipinski definition) is 7. The van der Waals surface area contributed by atoms with Crippen molar-refractivity contribution < 1.29 is 13.3 Å². The van der Waals surface area contributed by atoms with Crippen LogP contribution in [0, 0.1) is 17.3 Å². The summed E-state index contributed by atoms with van der Waals surface area (Å²) < 4.78 is 39.5. The predicted molar refractivity (Wildman–Crippen MR) is 148 cm³/mol. The summed E-state index contributed by atoms with van der Waals surface area (Å²) in [6.45, 7) is 2.28. The molecule has 0 radical (unpaired) electrons. The molecule has 4 fully saturated rings. The van der Waals surface area contributed by atoms with E-state index in [0.29, 0.717) is 29.6 Å². The lowest BCUT2D eigenvalue weighted by molar-refractivity contribution is 0.0271. The Labute approximate surface area is 235 Å². The van der Waals surface area contributed by atoms with Gasteiger partial charge in [-0.25, -0.2) is 19.7 Å². The molecule has 0 bridgehead atoms. The number of aromatic amines is 1. The van der Waals surface area contributed by atoms with Gasteiger partial charge in [0.25, 0.3) is 0 Å². The number of allylic oxidation sites excluding steroid dienone is 4. The van der Waals surface area contributed by atoms with Gasteiger partial charge in [0.1, 0.15) is 5.52 Å². The average Bonchev–Trinajstić information content (AvgIpc) is 3.74. The maximum absolute atomic E-state index is 16.5. The molecule has 3 heterocycles. The van der Waals surface area contributed by atoms with Gasteiger partial charge in [0, 0.05) is 17.2 Å². The van der Waals surface area contributed by atoms with E-state index in [-0.39, 0.29) is 45.7 Å². The van der Waals surface area contributed by atoms with Gasteiger partial charge in [-0.3, -0.25) is 9.51 Å². The third-order valence-corrected chi connectivity index (χ3v) is 10.6. The summed E-state index contributed by atoms with van der Waals surface area (Å²) in [6, 6.07) is -0.0882. The Morgan fingerprint density at radius 3 is 2.54 bits per heavy atom. The maximum Gasteiger partial charge on any atom is 0.439 e. The van der Waals surface area contributed by atoms with Crippen molar-refractivity contribution in [3.63, 3.8) is 0 Å². The molecule has 1 unspecified atom stereocenters. The van der Waals surface area contributed by atoms with E-state index in [4.69, 9.17) is 9.51 Å². The molecule has 0 amide bonds. The molecule has 216 valence electrons. The van der Waals surface area contributed by atoms with E-state index in [1.165, 1.54) is 12.5 Å². The Bertz CT molecular complexity index is 1630. The van der Waals surface area contributed by atoms with Crippen molar-refractivity contribution in [1.82, 2.24) is 29.7 Å². The number of fused-ring (bicyclic) bond motifs is 1. The Morgan fingerprint density at radius 2 is 1.90 bits per heavy atom. The van der Waals surface area contributed by atoms with Crippen LogP contribution < -0.4 is 11.1 Å². The van der Waals surface area contributed by atoms with Crippen molar-refractivity contribution in [1.29, 1.82) is 0 Å². The van der Waals surface area contributed by atoms with Crippen LogP contribution in [0.5, 0.6) is 0 Å². The lowest BCUT2D eigenvalue weighted by Crippen LogP contribution is -2.36. The first-order valence-electron chi connectivity index (χ1n) is 15.2. The summed E-state index contributed by atoms with van der Waals surface area (Å²) in [4.78, 5) is 28.3. The van der Waals surface area contributed by atoms with E-state index < -0.39 is 11.7 Å². The van der Waals surface area contributed by atoms with Crippen molar-refractivity contribution in [2.24, 2.45) is 17.3 Å². The van der Waals surface area contributed by atoms with Gasteiger partial charge in [0.15, 0.2) is 17.3 Å². The number of aromatic nitrogens is 6. The highest BCUT2D eigenvalue weighted by Gasteiger charge is 2.59. The highest BCUT2D eigenvalue weighted by Crippen LogP contribution is 2.66. The first-order chi connectivity index (χ1) is 19.8. The standard InChI is InChI=1S/C30H35F2N7O2/c1-17-10-12-28(13-11-17)16-20(28)39-21-22(35-26(39)30(31,32)19-6-3-2-4-7-19)33-24(25-36-27(40)41-38-25)34-23(21)37-29(14-15-29)18-8-5-9-18/h3,6-7,17-18,20H,2,4-5,8-16H2,1H3,(H,33,34,37)(H,36,38,40). The molecule has 0 aliphatic heterocycles. The van der Waals surface area contributed by atoms with Crippen LogP contribution in [0.15, 0.2) is 33.1 Å². The van der Waals surface area contributed by atoms with E-state index >= 15 is 8.78 Å². The van der Waals surface area contributed by atoms with Crippen molar-refractivity contribution in [2.75, 3.05) is 5.32 Å². The van der Waals surface area contributed by atoms with Crippen LogP contribution in [0.25, 0.3) is 22.8 Å². The van der Waals surface area contributed by atoms with Crippen LogP contribution in [-0.2, 0) is 5.92 Å². The fourth-order valence-corrected chi connectivity index (χ4v) is 7.55. The third kappa shape index (κ3) is 4.01. The zero-order valence-electron chi connectivity index (χ0n) is 23.3. The normalized spacial score (nSPS) is 29.0. The fraction of sp³-hybridized carbons (Fsp3) is 0.633. The topological polar surface area (TPSA) is 115 Å². The molecule has 1 atom stereocenters. The number of imidazole rings is 1. The summed E-state index contributed by atoms with van der Waals surface area (Å²) in [5.74, 6) is -2.47. The number of nitrogens with one attached hydrogen (secondary N) is 2. The predicted octanol–water partition coefficient (Wildman–Crippen LogP) is 6.42. The smallest absolute Gasteiger partial charge is 0.362 e. The maximum atomic E-state index is 16.5. The van der Waals surface area contributed by atoms with Crippen molar-refractivity contribution in [2.45, 2.75) is 101 Å². The minimum absolute atomic E-state index is 0.000285. The zero-order chi connectivity index (χ0) is 28.0. The number of alkyl halides is 2. The molecular formula is C30H35F2N7O2. The lowest BCUT2D eigenvalue weighted by atomic mass is 9.78. The van der Waals surface area contributed by atoms with Gasteiger partial charge >= 0.3 is 11.7 Å². The summed E-state index contributed by atoms with van der Waals surface area (Å²) in [6.07, 6.45) is 17.0. The van der Waals surface area contributed by atoms with E-state index in [1.54, 1.807) is 16.7 Å². The second kappa shape index (κ2) is 8.82. The van der Waals surface area contributed by atoms with Crippen LogP contribution >= 0.6 is 0 Å². The molecule has 5 aliphatic carbocycles. The number of nitrogens with zero attached hydrogens (tertiary/aromatic N) is 5. The molecule has 0 aromatic carbocycles. The minimum Gasteiger partial charge on any atom is -0.362 e. The van der Waals surface area contributed by atoms with Crippen molar-refractivity contribution in [3.05, 3.63) is 40.2 Å². The van der Waals surface area contributed by atoms with E-state index in [2.05, 4.69) is 32.3 Å². The van der Waals surface area contributed by atoms with E-state index in [0.717, 1.165) is 64.2 Å². The molecule has 1 spiro atoms. The molecule has 9 nitrogen and oxygen atoms in total. The molecule has 41 heavy (non-hydrogen) atoms. The summed E-state index contributed by atoms with van der Waals surface area (Å²) >= 11 is 0. The van der Waals surface area contributed by atoms with Crippen molar-refractivity contribution >= 4 is 17.0 Å². The van der Waals surface area contributed by atoms with Crippen LogP contribution in [0.3, 0.4) is 0 Å². The number of hydrogen-bond donors (Lipinski definition) is 2. The lowest BCUT2D eigenvalue weighted by Gasteiger charge is -2.35. The molecular weight excluding hydrogens is 528 g/mol. The molecule has 3 aromatic rings. The average molecular weight is 564 g/mol. The first-order valence-corrected chi connectivity index (χ1v) is 15.2. The Morgan fingerprint density at radius 1 is 1.10 bits per heavy atom. The van der Waals surface area contributed by atoms with Crippen LogP contribution in [0.4, 0.5) is 14.6 Å². The van der Waals surface area contributed by atoms with Crippen LogP contribution in [-0.4, -0.2) is 35.2 Å². The van der Waals surface area contributed by atoms with Gasteiger partial charge in [-0.2, -0.15) is 8.78 Å². The van der Waals surface area contributed by atoms with Crippen LogP contribution in [0.1, 0.15) is 95.8 Å². The minimum atomic E-state index is -3.30. The number of H-pyrrole nitrogens is 1. The quantitative estimate of drug-likeness (QED) is 0.341. The molecule has 5 aliphatic rings. The number of rotatable bonds is 7. The summed E-state index contributed by atoms with van der Waals surface area (Å²) in [7, 11) is 0. The Hall–Kier alpha value is -3.37. The Balaban J connectivity index is 1.33. The van der Waals surface area contributed by atoms with Crippen molar-refractivity contribution in [3.8, 4) is 11.6 Å².